The molecule has 3 rings (SSSR count). The van der Waals surface area contributed by atoms with Crippen LogP contribution in [-0.2, 0) is 6.61 Å². The van der Waals surface area contributed by atoms with Crippen LogP contribution in [0.1, 0.15) is 30.9 Å². The van der Waals surface area contributed by atoms with Gasteiger partial charge in [0.1, 0.15) is 23.9 Å². The number of hydrogen-bond donors (Lipinski definition) is 1. The van der Waals surface area contributed by atoms with Gasteiger partial charge in [0.2, 0.25) is 0 Å². The molecule has 4 nitrogen and oxygen atoms in total. The zero-order chi connectivity index (χ0) is 16.2. The van der Waals surface area contributed by atoms with E-state index in [2.05, 4.69) is 0 Å². The minimum absolute atomic E-state index is 0.0612. The second-order valence-corrected chi connectivity index (χ2v) is 5.72. The molecule has 1 aliphatic rings. The molecular weight excluding hydrogens is 292 g/mol. The Balaban J connectivity index is 1.63. The Hall–Kier alpha value is -2.20. The second-order valence-electron chi connectivity index (χ2n) is 5.72. The van der Waals surface area contributed by atoms with Crippen LogP contribution in [0.4, 0.5) is 0 Å². The van der Waals surface area contributed by atoms with E-state index in [1.54, 1.807) is 6.92 Å². The van der Waals surface area contributed by atoms with Gasteiger partial charge >= 0.3 is 0 Å². The molecule has 0 aromatic heterocycles. The standard InChI is InChI=1S/C19H22O4/c1-3-21-15-5-7-16(8-6-15)22-11-14-4-9-17-18(13(2)20)12-23-19(17)10-14/h4-10,13,18,20H,3,11-12H2,1-2H3. The average Bonchev–Trinajstić information content (AvgIpc) is 2.98. The summed E-state index contributed by atoms with van der Waals surface area (Å²) in [5, 5.41) is 9.77. The fourth-order valence-electron chi connectivity index (χ4n) is 2.73. The van der Waals surface area contributed by atoms with Crippen LogP contribution in [0.5, 0.6) is 17.2 Å². The molecule has 0 spiro atoms. The first-order valence-electron chi connectivity index (χ1n) is 7.96. The molecule has 2 aromatic carbocycles. The summed E-state index contributed by atoms with van der Waals surface area (Å²) < 4.78 is 16.9. The van der Waals surface area contributed by atoms with Crippen molar-refractivity contribution in [2.45, 2.75) is 32.5 Å². The van der Waals surface area contributed by atoms with Crippen molar-refractivity contribution in [2.24, 2.45) is 0 Å². The van der Waals surface area contributed by atoms with Gasteiger partial charge in [0, 0.05) is 11.5 Å². The van der Waals surface area contributed by atoms with E-state index in [4.69, 9.17) is 14.2 Å². The number of fused-ring (bicyclic) bond motifs is 1. The van der Waals surface area contributed by atoms with Crippen molar-refractivity contribution >= 4 is 0 Å². The van der Waals surface area contributed by atoms with E-state index in [-0.39, 0.29) is 5.92 Å². The Labute approximate surface area is 136 Å². The lowest BCUT2D eigenvalue weighted by atomic mass is 9.96. The van der Waals surface area contributed by atoms with Gasteiger partial charge in [-0.05, 0) is 49.7 Å². The lowest BCUT2D eigenvalue weighted by Crippen LogP contribution is -2.15. The zero-order valence-electron chi connectivity index (χ0n) is 13.5. The molecule has 0 radical (unpaired) electrons. The molecule has 0 fully saturated rings. The highest BCUT2D eigenvalue weighted by Gasteiger charge is 2.27. The molecule has 2 aromatic rings. The third-order valence-electron chi connectivity index (χ3n) is 4.02. The predicted molar refractivity (Wildman–Crippen MR) is 88.3 cm³/mol. The normalized spacial score (nSPS) is 17.3. The molecule has 0 amide bonds. The second kappa shape index (κ2) is 6.92. The van der Waals surface area contributed by atoms with Crippen LogP contribution < -0.4 is 14.2 Å². The first-order valence-corrected chi connectivity index (χ1v) is 7.96. The van der Waals surface area contributed by atoms with E-state index < -0.39 is 6.10 Å². The highest BCUT2D eigenvalue weighted by molar-refractivity contribution is 5.43. The zero-order valence-corrected chi connectivity index (χ0v) is 13.5. The van der Waals surface area contributed by atoms with Gasteiger partial charge in [-0.1, -0.05) is 12.1 Å². The fourth-order valence-corrected chi connectivity index (χ4v) is 2.73. The Morgan fingerprint density at radius 2 is 1.83 bits per heavy atom. The van der Waals surface area contributed by atoms with Crippen LogP contribution >= 0.6 is 0 Å². The summed E-state index contributed by atoms with van der Waals surface area (Å²) in [4.78, 5) is 0. The van der Waals surface area contributed by atoms with Gasteiger partial charge in [0.05, 0.1) is 19.3 Å². The van der Waals surface area contributed by atoms with Crippen LogP contribution in [0.25, 0.3) is 0 Å². The summed E-state index contributed by atoms with van der Waals surface area (Å²) in [6.07, 6.45) is -0.401. The molecule has 0 saturated carbocycles. The molecule has 4 heteroatoms. The maximum Gasteiger partial charge on any atom is 0.123 e. The maximum absolute atomic E-state index is 9.77. The summed E-state index contributed by atoms with van der Waals surface area (Å²) >= 11 is 0. The van der Waals surface area contributed by atoms with Crippen molar-refractivity contribution in [3.05, 3.63) is 53.6 Å². The monoisotopic (exact) mass is 314 g/mol. The predicted octanol–water partition coefficient (Wildman–Crippen LogP) is 3.52. The maximum atomic E-state index is 9.77. The van der Waals surface area contributed by atoms with Crippen molar-refractivity contribution in [1.82, 2.24) is 0 Å². The molecule has 1 aliphatic heterocycles. The van der Waals surface area contributed by atoms with Crippen molar-refractivity contribution in [2.75, 3.05) is 13.2 Å². The number of ether oxygens (including phenoxy) is 3. The Morgan fingerprint density at radius 1 is 1.13 bits per heavy atom. The number of benzene rings is 2. The van der Waals surface area contributed by atoms with Crippen LogP contribution in [0.2, 0.25) is 0 Å². The number of hydrogen-bond acceptors (Lipinski definition) is 4. The van der Waals surface area contributed by atoms with Crippen molar-refractivity contribution in [1.29, 1.82) is 0 Å². The van der Waals surface area contributed by atoms with E-state index in [1.165, 1.54) is 0 Å². The van der Waals surface area contributed by atoms with Gasteiger partial charge in [-0.15, -0.1) is 0 Å². The van der Waals surface area contributed by atoms with E-state index in [1.807, 2.05) is 49.4 Å². The lowest BCUT2D eigenvalue weighted by Gasteiger charge is -2.12. The molecule has 2 atom stereocenters. The molecule has 122 valence electrons. The Bertz CT molecular complexity index is 649. The number of aliphatic hydroxyl groups excluding tert-OH is 1. The van der Waals surface area contributed by atoms with Crippen LogP contribution in [0, 0.1) is 0 Å². The molecule has 23 heavy (non-hydrogen) atoms. The first-order chi connectivity index (χ1) is 11.2. The summed E-state index contributed by atoms with van der Waals surface area (Å²) in [5.41, 5.74) is 2.12. The van der Waals surface area contributed by atoms with Gasteiger partial charge in [-0.2, -0.15) is 0 Å². The van der Waals surface area contributed by atoms with E-state index >= 15 is 0 Å². The topological polar surface area (TPSA) is 47.9 Å². The highest BCUT2D eigenvalue weighted by atomic mass is 16.5. The van der Waals surface area contributed by atoms with Gasteiger partial charge in [0.25, 0.3) is 0 Å². The molecule has 1 N–H and O–H groups in total. The highest BCUT2D eigenvalue weighted by Crippen LogP contribution is 2.36. The minimum atomic E-state index is -0.401. The van der Waals surface area contributed by atoms with Gasteiger partial charge in [0.15, 0.2) is 0 Å². The molecule has 2 unspecified atom stereocenters. The third-order valence-corrected chi connectivity index (χ3v) is 4.02. The lowest BCUT2D eigenvalue weighted by molar-refractivity contribution is 0.146. The van der Waals surface area contributed by atoms with Gasteiger partial charge < -0.3 is 19.3 Å². The van der Waals surface area contributed by atoms with E-state index in [0.29, 0.717) is 19.8 Å². The fraction of sp³-hybridized carbons (Fsp3) is 0.368. The Kier molecular flexibility index (Phi) is 4.72. The summed E-state index contributed by atoms with van der Waals surface area (Å²) in [7, 11) is 0. The summed E-state index contributed by atoms with van der Waals surface area (Å²) in [5.74, 6) is 2.56. The molecule has 0 saturated heterocycles. The molecular formula is C19H22O4. The van der Waals surface area contributed by atoms with E-state index in [9.17, 15) is 5.11 Å². The smallest absolute Gasteiger partial charge is 0.123 e. The largest absolute Gasteiger partial charge is 0.494 e. The Morgan fingerprint density at radius 3 is 2.48 bits per heavy atom. The minimum Gasteiger partial charge on any atom is -0.494 e. The summed E-state index contributed by atoms with van der Waals surface area (Å²) in [6.45, 7) is 5.43. The van der Waals surface area contributed by atoms with Crippen LogP contribution in [0.3, 0.4) is 0 Å². The SMILES string of the molecule is CCOc1ccc(OCc2ccc3c(c2)OCC3C(C)O)cc1. The van der Waals surface area contributed by atoms with Gasteiger partial charge in [-0.25, -0.2) is 0 Å². The molecule has 1 heterocycles. The quantitative estimate of drug-likeness (QED) is 0.886. The molecule has 0 bridgehead atoms. The van der Waals surface area contributed by atoms with Crippen LogP contribution in [0.15, 0.2) is 42.5 Å². The van der Waals surface area contributed by atoms with Crippen molar-refractivity contribution < 1.29 is 19.3 Å². The summed E-state index contributed by atoms with van der Waals surface area (Å²) in [6, 6.07) is 13.6. The van der Waals surface area contributed by atoms with Gasteiger partial charge in [-0.3, -0.25) is 0 Å². The number of rotatable bonds is 6. The van der Waals surface area contributed by atoms with E-state index in [0.717, 1.165) is 28.4 Å². The van der Waals surface area contributed by atoms with Crippen molar-refractivity contribution in [3.8, 4) is 17.2 Å². The first kappa shape index (κ1) is 15.7. The van der Waals surface area contributed by atoms with Crippen LogP contribution in [-0.4, -0.2) is 24.4 Å². The third kappa shape index (κ3) is 3.59. The van der Waals surface area contributed by atoms with Crippen molar-refractivity contribution in [3.63, 3.8) is 0 Å². The number of aliphatic hydroxyl groups is 1. The average molecular weight is 314 g/mol. The molecule has 0 aliphatic carbocycles.